The SMILES string of the molecule is CC[C@H](CCCNC(=O)OCc1ccccc1)CCC[C@@H](C)CCC=O. The Balaban J connectivity index is 2.06. The first-order valence-corrected chi connectivity index (χ1v) is 10.0. The van der Waals surface area contributed by atoms with E-state index in [9.17, 15) is 9.59 Å². The Morgan fingerprint density at radius 1 is 1.12 bits per heavy atom. The molecule has 0 saturated carbocycles. The van der Waals surface area contributed by atoms with Gasteiger partial charge in [0.05, 0.1) is 0 Å². The van der Waals surface area contributed by atoms with Crippen molar-refractivity contribution < 1.29 is 14.3 Å². The summed E-state index contributed by atoms with van der Waals surface area (Å²) in [6.45, 7) is 5.45. The van der Waals surface area contributed by atoms with Gasteiger partial charge in [0, 0.05) is 13.0 Å². The van der Waals surface area contributed by atoms with E-state index in [0.29, 0.717) is 25.5 Å². The van der Waals surface area contributed by atoms with Crippen LogP contribution in [0.3, 0.4) is 0 Å². The molecule has 1 amide bonds. The maximum absolute atomic E-state index is 11.7. The Kier molecular flexibility index (Phi) is 12.2. The van der Waals surface area contributed by atoms with Gasteiger partial charge in [-0.2, -0.15) is 0 Å². The predicted molar refractivity (Wildman–Crippen MR) is 106 cm³/mol. The van der Waals surface area contributed by atoms with Crippen molar-refractivity contribution in [3.05, 3.63) is 35.9 Å². The van der Waals surface area contributed by atoms with Crippen LogP contribution in [0.25, 0.3) is 0 Å². The van der Waals surface area contributed by atoms with E-state index >= 15 is 0 Å². The highest BCUT2D eigenvalue weighted by Crippen LogP contribution is 2.21. The van der Waals surface area contributed by atoms with Gasteiger partial charge in [0.15, 0.2) is 0 Å². The largest absolute Gasteiger partial charge is 0.445 e. The number of hydrogen-bond acceptors (Lipinski definition) is 3. The quantitative estimate of drug-likeness (QED) is 0.351. The molecule has 0 fully saturated rings. The molecule has 1 rings (SSSR count). The highest BCUT2D eigenvalue weighted by molar-refractivity contribution is 5.67. The van der Waals surface area contributed by atoms with Gasteiger partial charge < -0.3 is 14.8 Å². The van der Waals surface area contributed by atoms with Crippen LogP contribution in [0, 0.1) is 11.8 Å². The minimum atomic E-state index is -0.342. The Morgan fingerprint density at radius 3 is 2.54 bits per heavy atom. The van der Waals surface area contributed by atoms with Gasteiger partial charge >= 0.3 is 6.09 Å². The highest BCUT2D eigenvalue weighted by atomic mass is 16.5. The number of carbonyl (C=O) groups is 2. The van der Waals surface area contributed by atoms with Gasteiger partial charge in [-0.3, -0.25) is 0 Å². The maximum Gasteiger partial charge on any atom is 0.407 e. The number of ether oxygens (including phenoxy) is 1. The molecule has 0 aliphatic heterocycles. The van der Waals surface area contributed by atoms with Gasteiger partial charge in [-0.25, -0.2) is 4.79 Å². The van der Waals surface area contributed by atoms with E-state index < -0.39 is 0 Å². The fourth-order valence-corrected chi connectivity index (χ4v) is 3.16. The van der Waals surface area contributed by atoms with Crippen LogP contribution in [0.1, 0.15) is 70.8 Å². The van der Waals surface area contributed by atoms with Gasteiger partial charge in [0.2, 0.25) is 0 Å². The van der Waals surface area contributed by atoms with Crippen molar-refractivity contribution in [1.29, 1.82) is 0 Å². The summed E-state index contributed by atoms with van der Waals surface area (Å²) in [5.41, 5.74) is 0.996. The molecule has 0 heterocycles. The molecule has 26 heavy (non-hydrogen) atoms. The van der Waals surface area contributed by atoms with E-state index in [1.54, 1.807) is 0 Å². The molecule has 4 nitrogen and oxygen atoms in total. The summed E-state index contributed by atoms with van der Waals surface area (Å²) in [7, 11) is 0. The number of alkyl carbamates (subject to hydrolysis) is 1. The van der Waals surface area contributed by atoms with Crippen molar-refractivity contribution in [3.8, 4) is 0 Å². The van der Waals surface area contributed by atoms with Crippen LogP contribution in [0.4, 0.5) is 4.79 Å². The molecular weight excluding hydrogens is 326 g/mol. The topological polar surface area (TPSA) is 55.4 Å². The zero-order chi connectivity index (χ0) is 19.0. The molecule has 0 radical (unpaired) electrons. The summed E-state index contributed by atoms with van der Waals surface area (Å²) in [5, 5.41) is 2.84. The number of aldehydes is 1. The fourth-order valence-electron chi connectivity index (χ4n) is 3.16. The third-order valence-electron chi connectivity index (χ3n) is 4.94. The van der Waals surface area contributed by atoms with Crippen molar-refractivity contribution in [2.24, 2.45) is 11.8 Å². The van der Waals surface area contributed by atoms with Crippen LogP contribution >= 0.6 is 0 Å². The van der Waals surface area contributed by atoms with Crippen molar-refractivity contribution in [2.45, 2.75) is 71.8 Å². The normalized spacial score (nSPS) is 13.0. The minimum Gasteiger partial charge on any atom is -0.445 e. The predicted octanol–water partition coefficient (Wildman–Crippen LogP) is 5.50. The second-order valence-corrected chi connectivity index (χ2v) is 7.19. The standard InChI is InChI=1S/C22H35NO3/c1-3-20(14-7-10-19(2)11-9-17-24)15-8-16-23-22(25)26-18-21-12-5-4-6-13-21/h4-6,12-13,17,19-20H,3,7-11,14-16,18H2,1-2H3,(H,23,25)/t19-,20+/m1/s1. The maximum atomic E-state index is 11.7. The molecule has 0 aliphatic rings. The van der Waals surface area contributed by atoms with E-state index in [4.69, 9.17) is 4.74 Å². The molecular formula is C22H35NO3. The summed E-state index contributed by atoms with van der Waals surface area (Å²) in [6, 6.07) is 9.70. The number of amides is 1. The average Bonchev–Trinajstić information content (AvgIpc) is 2.67. The highest BCUT2D eigenvalue weighted by Gasteiger charge is 2.09. The molecule has 1 N–H and O–H groups in total. The molecule has 2 atom stereocenters. The minimum absolute atomic E-state index is 0.312. The van der Waals surface area contributed by atoms with Crippen molar-refractivity contribution in [1.82, 2.24) is 5.32 Å². The molecule has 146 valence electrons. The summed E-state index contributed by atoms with van der Waals surface area (Å²) < 4.78 is 5.21. The van der Waals surface area contributed by atoms with Crippen LogP contribution in [0.2, 0.25) is 0 Å². The zero-order valence-corrected chi connectivity index (χ0v) is 16.4. The number of carbonyl (C=O) groups excluding carboxylic acids is 2. The molecule has 4 heteroatoms. The smallest absolute Gasteiger partial charge is 0.407 e. The fraction of sp³-hybridized carbons (Fsp3) is 0.636. The number of hydrogen-bond donors (Lipinski definition) is 1. The lowest BCUT2D eigenvalue weighted by molar-refractivity contribution is -0.108. The second-order valence-electron chi connectivity index (χ2n) is 7.19. The van der Waals surface area contributed by atoms with E-state index in [1.807, 2.05) is 30.3 Å². The van der Waals surface area contributed by atoms with Crippen LogP contribution < -0.4 is 5.32 Å². The molecule has 0 bridgehead atoms. The molecule has 0 saturated heterocycles. The first-order chi connectivity index (χ1) is 12.7. The van der Waals surface area contributed by atoms with Crippen LogP contribution in [0.15, 0.2) is 30.3 Å². The van der Waals surface area contributed by atoms with E-state index in [-0.39, 0.29) is 6.09 Å². The number of nitrogens with one attached hydrogen (secondary N) is 1. The van der Waals surface area contributed by atoms with Crippen LogP contribution in [-0.2, 0) is 16.1 Å². The summed E-state index contributed by atoms with van der Waals surface area (Å²) >= 11 is 0. The van der Waals surface area contributed by atoms with Gasteiger partial charge in [-0.1, -0.05) is 69.9 Å². The zero-order valence-electron chi connectivity index (χ0n) is 16.4. The van der Waals surface area contributed by atoms with Crippen molar-refractivity contribution in [2.75, 3.05) is 6.54 Å². The molecule has 0 aromatic heterocycles. The van der Waals surface area contributed by atoms with Crippen molar-refractivity contribution in [3.63, 3.8) is 0 Å². The lowest BCUT2D eigenvalue weighted by Crippen LogP contribution is -2.25. The van der Waals surface area contributed by atoms with E-state index in [1.165, 1.54) is 25.7 Å². The third-order valence-corrected chi connectivity index (χ3v) is 4.94. The molecule has 1 aromatic rings. The van der Waals surface area contributed by atoms with Gasteiger partial charge in [0.25, 0.3) is 0 Å². The summed E-state index contributed by atoms with van der Waals surface area (Å²) in [5.74, 6) is 1.36. The average molecular weight is 362 g/mol. The van der Waals surface area contributed by atoms with Crippen molar-refractivity contribution >= 4 is 12.4 Å². The molecule has 0 spiro atoms. The Morgan fingerprint density at radius 2 is 1.85 bits per heavy atom. The Bertz CT molecular complexity index is 489. The first-order valence-electron chi connectivity index (χ1n) is 10.0. The summed E-state index contributed by atoms with van der Waals surface area (Å²) in [6.07, 6.45) is 9.34. The Labute approximate surface area is 158 Å². The summed E-state index contributed by atoms with van der Waals surface area (Å²) in [4.78, 5) is 22.1. The lowest BCUT2D eigenvalue weighted by atomic mass is 9.91. The van der Waals surface area contributed by atoms with Gasteiger partial charge in [-0.05, 0) is 36.7 Å². The molecule has 1 aromatic carbocycles. The van der Waals surface area contributed by atoms with Crippen LogP contribution in [0.5, 0.6) is 0 Å². The van der Waals surface area contributed by atoms with Gasteiger partial charge in [0.1, 0.15) is 12.9 Å². The van der Waals surface area contributed by atoms with Crippen LogP contribution in [-0.4, -0.2) is 18.9 Å². The number of rotatable bonds is 14. The van der Waals surface area contributed by atoms with Gasteiger partial charge in [-0.15, -0.1) is 0 Å². The molecule has 0 unspecified atom stereocenters. The first kappa shape index (κ1) is 22.2. The van der Waals surface area contributed by atoms with E-state index in [0.717, 1.165) is 37.0 Å². The monoisotopic (exact) mass is 361 g/mol. The van der Waals surface area contributed by atoms with E-state index in [2.05, 4.69) is 19.2 Å². The lowest BCUT2D eigenvalue weighted by Gasteiger charge is -2.16. The molecule has 0 aliphatic carbocycles. The second kappa shape index (κ2) is 14.3. The number of benzene rings is 1. The Hall–Kier alpha value is -1.84. The third kappa shape index (κ3) is 10.9.